The van der Waals surface area contributed by atoms with E-state index >= 15 is 0 Å². The van der Waals surface area contributed by atoms with Crippen molar-refractivity contribution in [1.29, 1.82) is 0 Å². The molecule has 0 radical (unpaired) electrons. The van der Waals surface area contributed by atoms with Crippen LogP contribution in [-0.2, 0) is 4.74 Å². The van der Waals surface area contributed by atoms with Crippen molar-refractivity contribution in [3.63, 3.8) is 0 Å². The first-order valence-corrected chi connectivity index (χ1v) is 9.22. The van der Waals surface area contributed by atoms with Crippen LogP contribution in [0.5, 0.6) is 0 Å². The van der Waals surface area contributed by atoms with Crippen molar-refractivity contribution in [2.24, 2.45) is 0 Å². The van der Waals surface area contributed by atoms with Gasteiger partial charge in [0.05, 0.1) is 0 Å². The highest BCUT2D eigenvalue weighted by Crippen LogP contribution is 2.18. The van der Waals surface area contributed by atoms with Gasteiger partial charge in [0, 0.05) is 7.11 Å². The third-order valence-electron chi connectivity index (χ3n) is 2.27. The maximum atomic E-state index is 10.2. The highest BCUT2D eigenvalue weighted by atomic mass is 28.3. The van der Waals surface area contributed by atoms with Crippen molar-refractivity contribution in [1.82, 2.24) is 0 Å². The zero-order valence-electron chi connectivity index (χ0n) is 10.9. The number of aliphatic hydroxyl groups excluding tert-OH is 1. The van der Waals surface area contributed by atoms with Gasteiger partial charge < -0.3 is 9.84 Å². The molecule has 0 heterocycles. The Kier molecular flexibility index (Phi) is 4.95. The summed E-state index contributed by atoms with van der Waals surface area (Å²) in [7, 11) is 0.144. The SMILES string of the molecule is CO[C@@H](C#C[Si](C)(C)C)[C@@H](O)c1ccccc1. The summed E-state index contributed by atoms with van der Waals surface area (Å²) in [5.74, 6) is 3.05. The Hall–Kier alpha value is -1.08. The monoisotopic (exact) mass is 248 g/mol. The van der Waals surface area contributed by atoms with Crippen LogP contribution < -0.4 is 0 Å². The standard InChI is InChI=1S/C14H20O2Si/c1-16-13(10-11-17(2,3)4)14(15)12-8-6-5-7-9-12/h5-9,13-15H,1-4H3/t13-,14-/m0/s1. The maximum absolute atomic E-state index is 10.2. The van der Waals surface area contributed by atoms with E-state index in [9.17, 15) is 5.11 Å². The van der Waals surface area contributed by atoms with E-state index in [1.165, 1.54) is 0 Å². The molecule has 0 fully saturated rings. The van der Waals surface area contributed by atoms with Gasteiger partial charge in [0.15, 0.2) is 0 Å². The molecule has 1 N–H and O–H groups in total. The van der Waals surface area contributed by atoms with E-state index in [-0.39, 0.29) is 0 Å². The first-order chi connectivity index (χ1) is 7.94. The number of hydrogen-bond donors (Lipinski definition) is 1. The van der Waals surface area contributed by atoms with E-state index < -0.39 is 20.3 Å². The number of methoxy groups -OCH3 is 1. The van der Waals surface area contributed by atoms with Crippen molar-refractivity contribution in [3.05, 3.63) is 35.9 Å². The highest BCUT2D eigenvalue weighted by molar-refractivity contribution is 6.83. The van der Waals surface area contributed by atoms with Crippen molar-refractivity contribution >= 4 is 8.07 Å². The van der Waals surface area contributed by atoms with Crippen LogP contribution in [0.1, 0.15) is 11.7 Å². The number of rotatable bonds is 3. The van der Waals surface area contributed by atoms with Crippen molar-refractivity contribution in [2.45, 2.75) is 31.8 Å². The van der Waals surface area contributed by atoms with E-state index in [2.05, 4.69) is 31.1 Å². The molecule has 2 atom stereocenters. The van der Waals surface area contributed by atoms with E-state index in [0.29, 0.717) is 0 Å². The van der Waals surface area contributed by atoms with Crippen LogP contribution in [0.4, 0.5) is 0 Å². The first kappa shape index (κ1) is 14.0. The molecular formula is C14H20O2Si. The van der Waals surface area contributed by atoms with Gasteiger partial charge in [-0.1, -0.05) is 55.9 Å². The Balaban J connectivity index is 2.84. The zero-order valence-corrected chi connectivity index (χ0v) is 11.9. The second-order valence-electron chi connectivity index (χ2n) is 5.03. The molecule has 0 saturated heterocycles. The second-order valence-corrected chi connectivity index (χ2v) is 9.78. The van der Waals surface area contributed by atoms with Gasteiger partial charge >= 0.3 is 0 Å². The van der Waals surface area contributed by atoms with Crippen LogP contribution in [0, 0.1) is 11.5 Å². The lowest BCUT2D eigenvalue weighted by molar-refractivity contribution is 0.0218. The Morgan fingerprint density at radius 2 is 1.76 bits per heavy atom. The quantitative estimate of drug-likeness (QED) is 0.658. The predicted octanol–water partition coefficient (Wildman–Crippen LogP) is 2.62. The van der Waals surface area contributed by atoms with E-state index in [1.54, 1.807) is 7.11 Å². The van der Waals surface area contributed by atoms with Crippen LogP contribution in [0.25, 0.3) is 0 Å². The number of benzene rings is 1. The molecule has 17 heavy (non-hydrogen) atoms. The normalized spacial score (nSPS) is 14.6. The van der Waals surface area contributed by atoms with Crippen LogP contribution in [0.2, 0.25) is 19.6 Å². The Labute approximate surface area is 105 Å². The fraction of sp³-hybridized carbons (Fsp3) is 0.429. The van der Waals surface area contributed by atoms with Crippen molar-refractivity contribution < 1.29 is 9.84 Å². The molecular weight excluding hydrogens is 228 g/mol. The number of aliphatic hydroxyl groups is 1. The molecule has 0 bridgehead atoms. The molecule has 0 aliphatic rings. The Morgan fingerprint density at radius 1 is 1.18 bits per heavy atom. The molecule has 0 aliphatic carbocycles. The van der Waals surface area contributed by atoms with Crippen LogP contribution >= 0.6 is 0 Å². The summed E-state index contributed by atoms with van der Waals surface area (Å²) in [6, 6.07) is 9.49. The summed E-state index contributed by atoms with van der Waals surface area (Å²) >= 11 is 0. The zero-order chi connectivity index (χ0) is 12.9. The molecule has 92 valence electrons. The summed E-state index contributed by atoms with van der Waals surface area (Å²) in [4.78, 5) is 0. The molecule has 1 rings (SSSR count). The lowest BCUT2D eigenvalue weighted by Crippen LogP contribution is -2.22. The molecule has 0 aromatic heterocycles. The summed E-state index contributed by atoms with van der Waals surface area (Å²) in [5.41, 5.74) is 4.06. The fourth-order valence-electron chi connectivity index (χ4n) is 1.38. The van der Waals surface area contributed by atoms with Gasteiger partial charge in [0.25, 0.3) is 0 Å². The van der Waals surface area contributed by atoms with Gasteiger partial charge in [-0.05, 0) is 5.56 Å². The topological polar surface area (TPSA) is 29.5 Å². The van der Waals surface area contributed by atoms with Gasteiger partial charge in [-0.2, -0.15) is 0 Å². The number of hydrogen-bond acceptors (Lipinski definition) is 2. The van der Waals surface area contributed by atoms with Gasteiger partial charge in [-0.15, -0.1) is 5.54 Å². The van der Waals surface area contributed by atoms with Gasteiger partial charge in [0.1, 0.15) is 20.3 Å². The minimum atomic E-state index is -1.44. The third-order valence-corrected chi connectivity index (χ3v) is 3.17. The minimum Gasteiger partial charge on any atom is -0.385 e. The largest absolute Gasteiger partial charge is 0.385 e. The molecule has 0 saturated carbocycles. The van der Waals surface area contributed by atoms with Gasteiger partial charge in [0.2, 0.25) is 0 Å². The maximum Gasteiger partial charge on any atom is 0.147 e. The molecule has 0 unspecified atom stereocenters. The smallest absolute Gasteiger partial charge is 0.147 e. The molecule has 1 aromatic rings. The highest BCUT2D eigenvalue weighted by Gasteiger charge is 2.19. The van der Waals surface area contributed by atoms with Crippen molar-refractivity contribution in [3.8, 4) is 11.5 Å². The third kappa shape index (κ3) is 4.74. The minimum absolute atomic E-state index is 0.455. The fourth-order valence-corrected chi connectivity index (χ4v) is 1.95. The predicted molar refractivity (Wildman–Crippen MR) is 73.3 cm³/mol. The Morgan fingerprint density at radius 3 is 2.24 bits per heavy atom. The molecule has 0 amide bonds. The Bertz CT molecular complexity index is 398. The average Bonchev–Trinajstić information content (AvgIpc) is 2.29. The second kappa shape index (κ2) is 6.01. The van der Waals surface area contributed by atoms with Crippen molar-refractivity contribution in [2.75, 3.05) is 7.11 Å². The molecule has 0 aliphatic heterocycles. The van der Waals surface area contributed by atoms with Crippen LogP contribution in [0.15, 0.2) is 30.3 Å². The average molecular weight is 248 g/mol. The molecule has 0 spiro atoms. The van der Waals surface area contributed by atoms with Crippen LogP contribution in [-0.4, -0.2) is 26.4 Å². The first-order valence-electron chi connectivity index (χ1n) is 5.72. The lowest BCUT2D eigenvalue weighted by atomic mass is 10.1. The van der Waals surface area contributed by atoms with Crippen LogP contribution in [0.3, 0.4) is 0 Å². The lowest BCUT2D eigenvalue weighted by Gasteiger charge is -2.17. The molecule has 2 nitrogen and oxygen atoms in total. The molecule has 1 aromatic carbocycles. The number of ether oxygens (including phenoxy) is 1. The summed E-state index contributed by atoms with van der Waals surface area (Å²) < 4.78 is 5.26. The summed E-state index contributed by atoms with van der Waals surface area (Å²) in [6.45, 7) is 6.50. The summed E-state index contributed by atoms with van der Waals surface area (Å²) in [5, 5.41) is 10.2. The summed E-state index contributed by atoms with van der Waals surface area (Å²) in [6.07, 6.45) is -1.14. The van der Waals surface area contributed by atoms with E-state index in [4.69, 9.17) is 4.74 Å². The van der Waals surface area contributed by atoms with Gasteiger partial charge in [-0.25, -0.2) is 0 Å². The van der Waals surface area contributed by atoms with E-state index in [1.807, 2.05) is 30.3 Å². The molecule has 3 heteroatoms. The van der Waals surface area contributed by atoms with E-state index in [0.717, 1.165) is 5.56 Å². The van der Waals surface area contributed by atoms with Gasteiger partial charge in [-0.3, -0.25) is 0 Å².